The van der Waals surface area contributed by atoms with E-state index < -0.39 is 0 Å². The van der Waals surface area contributed by atoms with Crippen LogP contribution in [0.5, 0.6) is 0 Å². The summed E-state index contributed by atoms with van der Waals surface area (Å²) in [5.74, 6) is 0.128. The van der Waals surface area contributed by atoms with Crippen molar-refractivity contribution in [3.63, 3.8) is 0 Å². The third-order valence-electron chi connectivity index (χ3n) is 4.93. The van der Waals surface area contributed by atoms with Gasteiger partial charge < -0.3 is 4.90 Å². The van der Waals surface area contributed by atoms with Gasteiger partial charge in [-0.15, -0.1) is 0 Å². The Morgan fingerprint density at radius 2 is 1.70 bits per heavy atom. The summed E-state index contributed by atoms with van der Waals surface area (Å²) in [7, 11) is 1.84. The van der Waals surface area contributed by atoms with Crippen LogP contribution in [0.3, 0.4) is 0 Å². The van der Waals surface area contributed by atoms with Gasteiger partial charge in [-0.05, 0) is 30.0 Å². The van der Waals surface area contributed by atoms with Crippen molar-refractivity contribution in [3.8, 4) is 0 Å². The van der Waals surface area contributed by atoms with Gasteiger partial charge >= 0.3 is 0 Å². The lowest BCUT2D eigenvalue weighted by Crippen LogP contribution is -2.29. The van der Waals surface area contributed by atoms with E-state index in [1.54, 1.807) is 9.80 Å². The van der Waals surface area contributed by atoms with Gasteiger partial charge in [0.2, 0.25) is 5.91 Å². The highest BCUT2D eigenvalue weighted by molar-refractivity contribution is 8.26. The molecule has 0 aromatic heterocycles. The van der Waals surface area contributed by atoms with Crippen LogP contribution < -0.4 is 0 Å². The molecule has 2 aromatic rings. The normalized spacial score (nSPS) is 15.1. The number of hydrogen-bond acceptors (Lipinski definition) is 4. The predicted molar refractivity (Wildman–Crippen MR) is 128 cm³/mol. The molecule has 30 heavy (non-hydrogen) atoms. The van der Waals surface area contributed by atoms with Crippen molar-refractivity contribution in [2.75, 3.05) is 13.6 Å². The van der Waals surface area contributed by atoms with Crippen LogP contribution in [0.4, 0.5) is 0 Å². The van der Waals surface area contributed by atoms with Crippen LogP contribution in [0, 0.1) is 0 Å². The number of thioether (sulfide) groups is 1. The SMILES string of the molecule is CN(Cc1ccccc1)C(=O)CCCCCN1C(=O)C(=Cc2ccccc2)SC1=S. The fourth-order valence-corrected chi connectivity index (χ4v) is 4.56. The van der Waals surface area contributed by atoms with E-state index >= 15 is 0 Å². The average Bonchev–Trinajstić information content (AvgIpc) is 3.02. The zero-order valence-electron chi connectivity index (χ0n) is 17.1. The van der Waals surface area contributed by atoms with Crippen LogP contribution in [0.1, 0.15) is 36.8 Å². The van der Waals surface area contributed by atoms with Crippen molar-refractivity contribution in [1.82, 2.24) is 9.80 Å². The summed E-state index contributed by atoms with van der Waals surface area (Å²) in [5.41, 5.74) is 2.13. The summed E-state index contributed by atoms with van der Waals surface area (Å²) < 4.78 is 0.612. The lowest BCUT2D eigenvalue weighted by atomic mass is 10.1. The molecule has 4 nitrogen and oxygen atoms in total. The summed E-state index contributed by atoms with van der Waals surface area (Å²) in [6, 6.07) is 19.8. The van der Waals surface area contributed by atoms with Gasteiger partial charge in [-0.25, -0.2) is 0 Å². The first-order valence-electron chi connectivity index (χ1n) is 10.1. The van der Waals surface area contributed by atoms with Crippen molar-refractivity contribution in [2.24, 2.45) is 0 Å². The van der Waals surface area contributed by atoms with Crippen LogP contribution in [0.25, 0.3) is 6.08 Å². The van der Waals surface area contributed by atoms with Crippen molar-refractivity contribution in [2.45, 2.75) is 32.2 Å². The Morgan fingerprint density at radius 3 is 2.40 bits per heavy atom. The molecule has 0 N–H and O–H groups in total. The molecule has 0 saturated carbocycles. The number of carbonyl (C=O) groups is 2. The van der Waals surface area contributed by atoms with Crippen LogP contribution in [0.2, 0.25) is 0 Å². The number of amides is 2. The quantitative estimate of drug-likeness (QED) is 0.310. The van der Waals surface area contributed by atoms with E-state index in [9.17, 15) is 9.59 Å². The summed E-state index contributed by atoms with van der Waals surface area (Å²) in [5, 5.41) is 0. The minimum absolute atomic E-state index is 0.0208. The number of thiocarbonyl (C=S) groups is 1. The number of unbranched alkanes of at least 4 members (excludes halogenated alkanes) is 2. The molecule has 0 spiro atoms. The zero-order chi connectivity index (χ0) is 21.3. The largest absolute Gasteiger partial charge is 0.341 e. The molecule has 6 heteroatoms. The maximum Gasteiger partial charge on any atom is 0.266 e. The predicted octanol–water partition coefficient (Wildman–Crippen LogP) is 5.11. The molecule has 3 rings (SSSR count). The molecule has 156 valence electrons. The van der Waals surface area contributed by atoms with E-state index in [4.69, 9.17) is 12.2 Å². The summed E-state index contributed by atoms with van der Waals surface area (Å²) in [6.45, 7) is 1.23. The highest BCUT2D eigenvalue weighted by atomic mass is 32.2. The second-order valence-corrected chi connectivity index (χ2v) is 8.97. The molecule has 0 unspecified atom stereocenters. The van der Waals surface area contributed by atoms with E-state index in [0.717, 1.165) is 30.4 Å². The third-order valence-corrected chi connectivity index (χ3v) is 6.31. The second-order valence-electron chi connectivity index (χ2n) is 7.29. The van der Waals surface area contributed by atoms with E-state index in [0.29, 0.717) is 28.7 Å². The van der Waals surface area contributed by atoms with Crippen molar-refractivity contribution < 1.29 is 9.59 Å². The van der Waals surface area contributed by atoms with Gasteiger partial charge in [-0.1, -0.05) is 91.1 Å². The van der Waals surface area contributed by atoms with Gasteiger partial charge in [0, 0.05) is 26.6 Å². The Balaban J connectivity index is 1.39. The lowest BCUT2D eigenvalue weighted by molar-refractivity contribution is -0.130. The molecular weight excluding hydrogens is 412 g/mol. The van der Waals surface area contributed by atoms with Crippen LogP contribution in [-0.2, 0) is 16.1 Å². The maximum atomic E-state index is 12.6. The molecule has 1 fully saturated rings. The van der Waals surface area contributed by atoms with Gasteiger partial charge in [-0.3, -0.25) is 14.5 Å². The first-order chi connectivity index (χ1) is 14.5. The number of nitrogens with zero attached hydrogens (tertiary/aromatic N) is 2. The van der Waals surface area contributed by atoms with Gasteiger partial charge in [-0.2, -0.15) is 0 Å². The fraction of sp³-hybridized carbons (Fsp3) is 0.292. The summed E-state index contributed by atoms with van der Waals surface area (Å²) in [6.07, 6.45) is 4.95. The Kier molecular flexibility index (Phi) is 8.22. The van der Waals surface area contributed by atoms with E-state index in [1.807, 2.05) is 73.8 Å². The van der Waals surface area contributed by atoms with Gasteiger partial charge in [0.1, 0.15) is 4.32 Å². The zero-order valence-corrected chi connectivity index (χ0v) is 18.8. The average molecular weight is 439 g/mol. The third kappa shape index (κ3) is 6.28. The standard InChI is InChI=1S/C24H26N2O2S2/c1-25(18-20-13-7-3-8-14-20)22(27)15-9-4-10-16-26-23(28)21(30-24(26)29)17-19-11-5-2-6-12-19/h2-3,5-8,11-14,17H,4,9-10,15-16,18H2,1H3. The summed E-state index contributed by atoms with van der Waals surface area (Å²) in [4.78, 5) is 29.1. The van der Waals surface area contributed by atoms with Gasteiger partial charge in [0.15, 0.2) is 0 Å². The monoisotopic (exact) mass is 438 g/mol. The van der Waals surface area contributed by atoms with E-state index in [1.165, 1.54) is 11.8 Å². The Labute approximate surface area is 187 Å². The maximum absolute atomic E-state index is 12.6. The molecule has 0 bridgehead atoms. The van der Waals surface area contributed by atoms with Gasteiger partial charge in [0.05, 0.1) is 4.91 Å². The first-order valence-corrected chi connectivity index (χ1v) is 11.4. The number of carbonyl (C=O) groups excluding carboxylic acids is 2. The fourth-order valence-electron chi connectivity index (χ4n) is 3.25. The second kappa shape index (κ2) is 11.1. The van der Waals surface area contributed by atoms with Crippen LogP contribution >= 0.6 is 24.0 Å². The van der Waals surface area contributed by atoms with Crippen LogP contribution in [-0.4, -0.2) is 39.5 Å². The Morgan fingerprint density at radius 1 is 1.03 bits per heavy atom. The molecular formula is C24H26N2O2S2. The topological polar surface area (TPSA) is 40.6 Å². The highest BCUT2D eigenvalue weighted by Gasteiger charge is 2.31. The molecule has 1 saturated heterocycles. The minimum Gasteiger partial charge on any atom is -0.341 e. The molecule has 0 atom stereocenters. The number of rotatable bonds is 9. The first kappa shape index (κ1) is 22.2. The van der Waals surface area contributed by atoms with Crippen molar-refractivity contribution >= 4 is 46.2 Å². The smallest absolute Gasteiger partial charge is 0.266 e. The minimum atomic E-state index is -0.0208. The molecule has 2 aromatic carbocycles. The molecule has 1 aliphatic heterocycles. The van der Waals surface area contributed by atoms with Gasteiger partial charge in [0.25, 0.3) is 5.91 Å². The number of benzene rings is 2. The van der Waals surface area contributed by atoms with Crippen LogP contribution in [0.15, 0.2) is 65.6 Å². The molecule has 0 aliphatic carbocycles. The molecule has 1 aliphatic rings. The molecule has 1 heterocycles. The lowest BCUT2D eigenvalue weighted by Gasteiger charge is -2.17. The Bertz CT molecular complexity index is 913. The van der Waals surface area contributed by atoms with Crippen molar-refractivity contribution in [3.05, 3.63) is 76.7 Å². The van der Waals surface area contributed by atoms with Crippen molar-refractivity contribution in [1.29, 1.82) is 0 Å². The Hall–Kier alpha value is -2.44. The molecule has 0 radical (unpaired) electrons. The number of hydrogen-bond donors (Lipinski definition) is 0. The van der Waals surface area contributed by atoms with E-state index in [2.05, 4.69) is 0 Å². The summed E-state index contributed by atoms with van der Waals surface area (Å²) >= 11 is 6.75. The van der Waals surface area contributed by atoms with E-state index in [-0.39, 0.29) is 11.8 Å². The highest BCUT2D eigenvalue weighted by Crippen LogP contribution is 2.32. The molecule has 2 amide bonds.